The SMILES string of the molecule is CCC(C)(CC)c1ccc(N(c2ccc3c(c2)[C@]24CCC[C@]2(CCC4)c2cc(N(c4ccc(C(C)(CC)CC)cc4)c4c(C)cc(C(C)(C)C)cc4C)ccc2-3)c2c(C)cc(C(C)(C)C)cc2C)cc1. The summed E-state index contributed by atoms with van der Waals surface area (Å²) in [5.41, 5.74) is 25.3. The van der Waals surface area contributed by atoms with Crippen LogP contribution >= 0.6 is 0 Å². The Morgan fingerprint density at radius 2 is 0.657 bits per heavy atom. The number of anilines is 6. The van der Waals surface area contributed by atoms with Crippen molar-refractivity contribution in [1.29, 1.82) is 0 Å². The second-order valence-electron chi connectivity index (χ2n) is 25.0. The minimum atomic E-state index is 0.0689. The molecule has 9 rings (SSSR count). The van der Waals surface area contributed by atoms with Crippen molar-refractivity contribution in [3.05, 3.63) is 165 Å². The molecule has 0 heterocycles. The average molecular weight is 931 g/mol. The predicted octanol–water partition coefficient (Wildman–Crippen LogP) is 20.1. The molecule has 0 amide bonds. The van der Waals surface area contributed by atoms with Crippen molar-refractivity contribution in [2.24, 2.45) is 0 Å². The third-order valence-corrected chi connectivity index (χ3v) is 19.1. The van der Waals surface area contributed by atoms with Gasteiger partial charge in [-0.15, -0.1) is 0 Å². The first kappa shape index (κ1) is 49.9. The fraction of sp³-hybridized carbons (Fsp3) is 0.471. The number of benzene rings is 6. The summed E-state index contributed by atoms with van der Waals surface area (Å²) in [7, 11) is 0. The molecule has 70 heavy (non-hydrogen) atoms. The van der Waals surface area contributed by atoms with Gasteiger partial charge in [0.05, 0.1) is 11.4 Å². The van der Waals surface area contributed by atoms with E-state index in [1.807, 2.05) is 0 Å². The van der Waals surface area contributed by atoms with Crippen LogP contribution in [0.15, 0.2) is 109 Å². The van der Waals surface area contributed by atoms with Crippen LogP contribution in [0.5, 0.6) is 0 Å². The monoisotopic (exact) mass is 931 g/mol. The van der Waals surface area contributed by atoms with Gasteiger partial charge in [-0.25, -0.2) is 0 Å². The maximum absolute atomic E-state index is 2.67. The van der Waals surface area contributed by atoms with Gasteiger partial charge in [-0.3, -0.25) is 0 Å². The lowest BCUT2D eigenvalue weighted by molar-refractivity contribution is 0.299. The van der Waals surface area contributed by atoms with Crippen molar-refractivity contribution in [3.8, 4) is 11.1 Å². The van der Waals surface area contributed by atoms with Crippen LogP contribution < -0.4 is 9.80 Å². The smallest absolute Gasteiger partial charge is 0.0520 e. The molecule has 368 valence electrons. The van der Waals surface area contributed by atoms with E-state index in [1.54, 1.807) is 11.1 Å². The molecule has 6 aromatic carbocycles. The average Bonchev–Trinajstić information content (AvgIpc) is 3.92. The zero-order valence-corrected chi connectivity index (χ0v) is 46.4. The summed E-state index contributed by atoms with van der Waals surface area (Å²) in [6, 6.07) is 44.4. The van der Waals surface area contributed by atoms with Gasteiger partial charge in [0, 0.05) is 33.6 Å². The molecule has 2 heteroatoms. The van der Waals surface area contributed by atoms with Crippen molar-refractivity contribution in [1.82, 2.24) is 0 Å². The number of nitrogens with zero attached hydrogens (tertiary/aromatic N) is 2. The van der Waals surface area contributed by atoms with E-state index in [0.717, 1.165) is 25.7 Å². The molecule has 0 spiro atoms. The molecular formula is C68H86N2. The number of fused-ring (bicyclic) bond motifs is 3. The lowest BCUT2D eigenvalue weighted by Crippen LogP contribution is -2.43. The van der Waals surface area contributed by atoms with Gasteiger partial charge < -0.3 is 9.80 Å². The number of rotatable bonds is 12. The number of hydrogen-bond acceptors (Lipinski definition) is 2. The Morgan fingerprint density at radius 3 is 0.929 bits per heavy atom. The Bertz CT molecular complexity index is 2650. The van der Waals surface area contributed by atoms with Crippen LogP contribution in [0.1, 0.15) is 203 Å². The zero-order chi connectivity index (χ0) is 50.3. The molecule has 2 nitrogen and oxygen atoms in total. The molecular weight excluding hydrogens is 845 g/mol. The van der Waals surface area contributed by atoms with Crippen LogP contribution in [0.25, 0.3) is 11.1 Å². The van der Waals surface area contributed by atoms with Gasteiger partial charge in [0.25, 0.3) is 0 Å². The number of aryl methyl sites for hydroxylation is 4. The van der Waals surface area contributed by atoms with Crippen molar-refractivity contribution in [2.75, 3.05) is 9.80 Å². The van der Waals surface area contributed by atoms with Crippen LogP contribution in [-0.4, -0.2) is 0 Å². The van der Waals surface area contributed by atoms with E-state index >= 15 is 0 Å². The fourth-order valence-electron chi connectivity index (χ4n) is 13.9. The second-order valence-corrected chi connectivity index (χ2v) is 25.0. The Balaban J connectivity index is 1.24. The first-order valence-corrected chi connectivity index (χ1v) is 27.4. The maximum Gasteiger partial charge on any atom is 0.0520 e. The lowest BCUT2D eigenvalue weighted by atomic mass is 9.55. The molecule has 6 aromatic rings. The molecule has 0 unspecified atom stereocenters. The van der Waals surface area contributed by atoms with Crippen molar-refractivity contribution < 1.29 is 0 Å². The van der Waals surface area contributed by atoms with Crippen molar-refractivity contribution >= 4 is 34.1 Å². The summed E-state index contributed by atoms with van der Waals surface area (Å²) < 4.78 is 0. The fourth-order valence-corrected chi connectivity index (χ4v) is 13.9. The van der Waals surface area contributed by atoms with Crippen LogP contribution in [0.4, 0.5) is 34.1 Å². The van der Waals surface area contributed by atoms with Gasteiger partial charge in [0.1, 0.15) is 0 Å². The molecule has 0 N–H and O–H groups in total. The molecule has 3 aliphatic carbocycles. The normalized spacial score (nSPS) is 18.9. The second kappa shape index (κ2) is 17.9. The van der Waals surface area contributed by atoms with Crippen molar-refractivity contribution in [2.45, 2.75) is 207 Å². The van der Waals surface area contributed by atoms with Crippen LogP contribution in [0.3, 0.4) is 0 Å². The number of hydrogen-bond donors (Lipinski definition) is 0. The zero-order valence-electron chi connectivity index (χ0n) is 46.4. The molecule has 0 aliphatic heterocycles. The van der Waals surface area contributed by atoms with Crippen LogP contribution in [0.2, 0.25) is 0 Å². The molecule has 0 atom stereocenters. The van der Waals surface area contributed by atoms with Crippen molar-refractivity contribution in [3.63, 3.8) is 0 Å². The first-order valence-electron chi connectivity index (χ1n) is 27.4. The van der Waals surface area contributed by atoms with E-state index in [0.29, 0.717) is 0 Å². The van der Waals surface area contributed by atoms with Gasteiger partial charge in [0.15, 0.2) is 0 Å². The highest BCUT2D eigenvalue weighted by atomic mass is 15.2. The third-order valence-electron chi connectivity index (χ3n) is 19.1. The topological polar surface area (TPSA) is 6.48 Å². The maximum atomic E-state index is 2.67. The Morgan fingerprint density at radius 1 is 0.371 bits per heavy atom. The highest BCUT2D eigenvalue weighted by Gasteiger charge is 2.62. The Kier molecular flexibility index (Phi) is 12.8. The highest BCUT2D eigenvalue weighted by molar-refractivity contribution is 5.89. The molecule has 3 aliphatic rings. The van der Waals surface area contributed by atoms with Gasteiger partial charge in [-0.1, -0.05) is 157 Å². The van der Waals surface area contributed by atoms with Gasteiger partial charge in [-0.05, 0) is 216 Å². The Hall–Kier alpha value is -5.08. The summed E-state index contributed by atoms with van der Waals surface area (Å²) in [4.78, 5) is 5.22. The van der Waals surface area contributed by atoms with E-state index in [4.69, 9.17) is 0 Å². The third kappa shape index (κ3) is 7.98. The first-order chi connectivity index (χ1) is 33.1. The van der Waals surface area contributed by atoms with E-state index in [2.05, 4.69) is 230 Å². The largest absolute Gasteiger partial charge is 0.310 e. The van der Waals surface area contributed by atoms with Crippen LogP contribution in [0, 0.1) is 27.7 Å². The van der Waals surface area contributed by atoms with Gasteiger partial charge in [-0.2, -0.15) is 0 Å². The Labute approximate surface area is 425 Å². The summed E-state index contributed by atoms with van der Waals surface area (Å²) in [6.07, 6.45) is 12.0. The van der Waals surface area contributed by atoms with E-state index in [-0.39, 0.29) is 32.5 Å². The highest BCUT2D eigenvalue weighted by Crippen LogP contribution is 2.70. The molecule has 2 fully saturated rings. The van der Waals surface area contributed by atoms with E-state index in [1.165, 1.54) is 128 Å². The molecule has 2 saturated carbocycles. The summed E-state index contributed by atoms with van der Waals surface area (Å²) >= 11 is 0. The molecule has 0 aromatic heterocycles. The quantitative estimate of drug-likeness (QED) is 0.121. The summed E-state index contributed by atoms with van der Waals surface area (Å²) in [6.45, 7) is 37.6. The molecule has 0 bridgehead atoms. The summed E-state index contributed by atoms with van der Waals surface area (Å²) in [5, 5.41) is 0. The minimum Gasteiger partial charge on any atom is -0.310 e. The van der Waals surface area contributed by atoms with E-state index in [9.17, 15) is 0 Å². The lowest BCUT2D eigenvalue weighted by Gasteiger charge is -2.48. The van der Waals surface area contributed by atoms with E-state index < -0.39 is 0 Å². The van der Waals surface area contributed by atoms with Gasteiger partial charge in [0.2, 0.25) is 0 Å². The van der Waals surface area contributed by atoms with Crippen LogP contribution in [-0.2, 0) is 32.5 Å². The molecule has 0 radical (unpaired) electrons. The standard InChI is InChI=1S/C68H86N2/c1-17-65(15,18-2)49-23-27-53(28-24-49)69(61-45(5)39-51(40-46(61)6)63(9,10)11)55-31-33-57-58-34-32-56(44-60(58)68-37-21-35-67(68,36-22-38-68)59(57)43-55)70(54-29-25-50(26-30-54)66(16,19-3)20-4)62-47(7)41-52(42-48(62)8)64(12,13)14/h23-34,39-44H,17-22,35-38H2,1-16H3/t67-,68+. The minimum absolute atomic E-state index is 0.0689. The molecule has 0 saturated heterocycles. The summed E-state index contributed by atoms with van der Waals surface area (Å²) in [5.74, 6) is 0. The van der Waals surface area contributed by atoms with Gasteiger partial charge >= 0.3 is 0 Å². The predicted molar refractivity (Wildman–Crippen MR) is 305 cm³/mol.